The average Bonchev–Trinajstić information content (AvgIpc) is 2.92. The van der Waals surface area contributed by atoms with E-state index in [2.05, 4.69) is 13.8 Å². The van der Waals surface area contributed by atoms with E-state index in [1.165, 1.54) is 89.9 Å². The molecule has 1 unspecified atom stereocenters. The van der Waals surface area contributed by atoms with Crippen molar-refractivity contribution in [3.63, 3.8) is 0 Å². The molecule has 0 amide bonds. The summed E-state index contributed by atoms with van der Waals surface area (Å²) < 4.78 is 0. The van der Waals surface area contributed by atoms with E-state index in [1.54, 1.807) is 24.3 Å². The summed E-state index contributed by atoms with van der Waals surface area (Å²) in [5.41, 5.74) is 1.38. The first-order valence-corrected chi connectivity index (χ1v) is 15.7. The Balaban J connectivity index is 1.70. The molecule has 4 nitrogen and oxygen atoms in total. The Kier molecular flexibility index (Phi) is 15.7. The van der Waals surface area contributed by atoms with Gasteiger partial charge in [-0.05, 0) is 48.2 Å². The van der Waals surface area contributed by atoms with Gasteiger partial charge in [0, 0.05) is 5.41 Å². The summed E-state index contributed by atoms with van der Waals surface area (Å²) in [6.07, 6.45) is 22.0. The molecule has 4 heteroatoms. The fourth-order valence-electron chi connectivity index (χ4n) is 5.81. The van der Waals surface area contributed by atoms with E-state index in [0.717, 1.165) is 24.0 Å². The smallest absolute Gasteiger partial charge is 0.306 e. The molecular weight excluding hydrogens is 484 g/mol. The lowest BCUT2D eigenvalue weighted by molar-refractivity contribution is -0.142. The van der Waals surface area contributed by atoms with Gasteiger partial charge in [-0.1, -0.05) is 141 Å². The zero-order valence-electron chi connectivity index (χ0n) is 24.7. The second-order valence-electron chi connectivity index (χ2n) is 11.8. The summed E-state index contributed by atoms with van der Waals surface area (Å²) in [5.74, 6) is -0.825. The minimum atomic E-state index is -0.750. The van der Waals surface area contributed by atoms with Gasteiger partial charge >= 0.3 is 5.97 Å². The maximum Gasteiger partial charge on any atom is 0.306 e. The molecule has 39 heavy (non-hydrogen) atoms. The van der Waals surface area contributed by atoms with Crippen LogP contribution in [0.3, 0.4) is 0 Å². The lowest BCUT2D eigenvalue weighted by Gasteiger charge is -2.34. The van der Waals surface area contributed by atoms with Crippen LogP contribution in [0.15, 0.2) is 48.5 Å². The number of hydrogen-bond donors (Lipinski definition) is 3. The Morgan fingerprint density at radius 3 is 1.28 bits per heavy atom. The summed E-state index contributed by atoms with van der Waals surface area (Å²) in [6, 6.07) is 14.1. The number of unbranched alkanes of at least 4 members (excludes halogenated alkanes) is 15. The van der Waals surface area contributed by atoms with E-state index < -0.39 is 17.3 Å². The molecular formula is C35H54O4. The van der Waals surface area contributed by atoms with Crippen LogP contribution >= 0.6 is 0 Å². The molecule has 0 spiro atoms. The highest BCUT2D eigenvalue weighted by atomic mass is 16.4. The molecule has 0 radical (unpaired) electrons. The molecule has 0 bridgehead atoms. The van der Waals surface area contributed by atoms with Gasteiger partial charge < -0.3 is 15.3 Å². The van der Waals surface area contributed by atoms with E-state index in [-0.39, 0.29) is 11.5 Å². The van der Waals surface area contributed by atoms with Crippen LogP contribution in [0, 0.1) is 5.92 Å². The van der Waals surface area contributed by atoms with Gasteiger partial charge in [0.2, 0.25) is 0 Å². The number of carboxylic acid groups (broad SMARTS) is 1. The summed E-state index contributed by atoms with van der Waals surface area (Å²) in [5, 5.41) is 29.6. The monoisotopic (exact) mass is 538 g/mol. The Morgan fingerprint density at radius 1 is 0.615 bits per heavy atom. The number of carboxylic acids is 1. The van der Waals surface area contributed by atoms with Gasteiger partial charge in [0.15, 0.2) is 0 Å². The highest BCUT2D eigenvalue weighted by molar-refractivity contribution is 5.70. The van der Waals surface area contributed by atoms with Gasteiger partial charge in [0.25, 0.3) is 0 Å². The third-order valence-electron chi connectivity index (χ3n) is 8.42. The van der Waals surface area contributed by atoms with E-state index >= 15 is 0 Å². The van der Waals surface area contributed by atoms with Crippen LogP contribution in [-0.4, -0.2) is 21.3 Å². The van der Waals surface area contributed by atoms with Crippen molar-refractivity contribution in [2.75, 3.05) is 0 Å². The Bertz CT molecular complexity index is 858. The molecule has 3 N–H and O–H groups in total. The topological polar surface area (TPSA) is 77.8 Å². The molecule has 218 valence electrons. The van der Waals surface area contributed by atoms with Gasteiger partial charge in [0.05, 0.1) is 5.92 Å². The van der Waals surface area contributed by atoms with Gasteiger partial charge in [-0.3, -0.25) is 4.79 Å². The first-order chi connectivity index (χ1) is 18.9. The number of aromatic hydroxyl groups is 2. The Hall–Kier alpha value is -2.49. The zero-order chi connectivity index (χ0) is 28.3. The van der Waals surface area contributed by atoms with Crippen molar-refractivity contribution >= 4 is 5.97 Å². The number of hydrogen-bond acceptors (Lipinski definition) is 3. The van der Waals surface area contributed by atoms with Crippen molar-refractivity contribution in [3.05, 3.63) is 59.7 Å². The normalized spacial score (nSPS) is 12.5. The van der Waals surface area contributed by atoms with Gasteiger partial charge in [0.1, 0.15) is 11.5 Å². The van der Waals surface area contributed by atoms with Gasteiger partial charge in [-0.2, -0.15) is 0 Å². The fourth-order valence-corrected chi connectivity index (χ4v) is 5.81. The van der Waals surface area contributed by atoms with E-state index in [1.807, 2.05) is 24.3 Å². The molecule has 2 aromatic carbocycles. The standard InChI is InChI=1S/C35H54O4/c1-3-4-5-6-7-8-9-10-11-12-13-14-15-16-17-18-19-29(34(38)39)28-35(2,30-20-24-32(36)25-21-30)31-22-26-33(37)27-23-31/h20-27,29,36-37H,3-19,28H2,1-2H3,(H,38,39). The van der Waals surface area contributed by atoms with E-state index in [9.17, 15) is 20.1 Å². The van der Waals surface area contributed by atoms with Gasteiger partial charge in [-0.15, -0.1) is 0 Å². The largest absolute Gasteiger partial charge is 0.508 e. The summed E-state index contributed by atoms with van der Waals surface area (Å²) in [6.45, 7) is 4.34. The lowest BCUT2D eigenvalue weighted by atomic mass is 9.69. The third-order valence-corrected chi connectivity index (χ3v) is 8.42. The van der Waals surface area contributed by atoms with Crippen molar-refractivity contribution in [1.82, 2.24) is 0 Å². The molecule has 0 aliphatic carbocycles. The molecule has 0 heterocycles. The average molecular weight is 539 g/mol. The summed E-state index contributed by atoms with van der Waals surface area (Å²) in [4.78, 5) is 12.3. The summed E-state index contributed by atoms with van der Waals surface area (Å²) in [7, 11) is 0. The van der Waals surface area contributed by atoms with Crippen LogP contribution in [-0.2, 0) is 10.2 Å². The van der Waals surface area contributed by atoms with Crippen molar-refractivity contribution in [3.8, 4) is 11.5 Å². The molecule has 2 rings (SSSR count). The third kappa shape index (κ3) is 12.5. The van der Waals surface area contributed by atoms with Gasteiger partial charge in [-0.25, -0.2) is 0 Å². The highest BCUT2D eigenvalue weighted by Crippen LogP contribution is 2.40. The van der Waals surface area contributed by atoms with Crippen LogP contribution in [0.4, 0.5) is 0 Å². The minimum absolute atomic E-state index is 0.190. The predicted molar refractivity (Wildman–Crippen MR) is 163 cm³/mol. The zero-order valence-corrected chi connectivity index (χ0v) is 24.7. The van der Waals surface area contributed by atoms with Crippen LogP contribution in [0.5, 0.6) is 11.5 Å². The lowest BCUT2D eigenvalue weighted by Crippen LogP contribution is -2.30. The SMILES string of the molecule is CCCCCCCCCCCCCCCCCCC(CC(C)(c1ccc(O)cc1)c1ccc(O)cc1)C(=O)O. The molecule has 0 aromatic heterocycles. The summed E-state index contributed by atoms with van der Waals surface area (Å²) >= 11 is 0. The Labute approximate surface area is 237 Å². The molecule has 2 aromatic rings. The van der Waals surface area contributed by atoms with Crippen LogP contribution in [0.25, 0.3) is 0 Å². The molecule has 1 atom stereocenters. The number of phenols is 2. The van der Waals surface area contributed by atoms with Crippen molar-refractivity contribution < 1.29 is 20.1 Å². The molecule has 0 fully saturated rings. The number of phenolic OH excluding ortho intramolecular Hbond substituents is 2. The highest BCUT2D eigenvalue weighted by Gasteiger charge is 2.34. The van der Waals surface area contributed by atoms with Crippen LogP contribution < -0.4 is 0 Å². The minimum Gasteiger partial charge on any atom is -0.508 e. The number of aliphatic carboxylic acids is 1. The first-order valence-electron chi connectivity index (χ1n) is 15.7. The van der Waals surface area contributed by atoms with E-state index in [0.29, 0.717) is 12.8 Å². The van der Waals surface area contributed by atoms with Crippen LogP contribution in [0.2, 0.25) is 0 Å². The van der Waals surface area contributed by atoms with Crippen molar-refractivity contribution in [1.29, 1.82) is 0 Å². The second kappa shape index (κ2) is 18.7. The number of rotatable bonds is 22. The maximum atomic E-state index is 12.3. The molecule has 0 saturated heterocycles. The quantitative estimate of drug-likeness (QED) is 0.130. The first kappa shape index (κ1) is 32.7. The van der Waals surface area contributed by atoms with E-state index in [4.69, 9.17) is 0 Å². The number of carbonyl (C=O) groups is 1. The van der Waals surface area contributed by atoms with Crippen molar-refractivity contribution in [2.24, 2.45) is 5.92 Å². The molecule has 0 saturated carbocycles. The second-order valence-corrected chi connectivity index (χ2v) is 11.8. The maximum absolute atomic E-state index is 12.3. The van der Waals surface area contributed by atoms with Crippen molar-refractivity contribution in [2.45, 2.75) is 135 Å². The molecule has 0 aliphatic rings. The van der Waals surface area contributed by atoms with Crippen LogP contribution in [0.1, 0.15) is 141 Å². The predicted octanol–water partition coefficient (Wildman–Crippen LogP) is 10.1. The fraction of sp³-hybridized carbons (Fsp3) is 0.629. The number of benzene rings is 2. The Morgan fingerprint density at radius 2 is 0.949 bits per heavy atom. The molecule has 0 aliphatic heterocycles.